The van der Waals surface area contributed by atoms with Crippen molar-refractivity contribution in [3.05, 3.63) is 120 Å². The summed E-state index contributed by atoms with van der Waals surface area (Å²) in [6, 6.07) is 3.30. The number of nitrogens with two attached hydrogens (primary N) is 4. The zero-order valence-electron chi connectivity index (χ0n) is 67.2. The first-order valence-corrected chi connectivity index (χ1v) is 40.3. The van der Waals surface area contributed by atoms with Gasteiger partial charge in [0.25, 0.3) is 0 Å². The zero-order chi connectivity index (χ0) is 90.3. The van der Waals surface area contributed by atoms with Crippen molar-refractivity contribution in [3.8, 4) is 5.75 Å². The maximum Gasteiger partial charge on any atom is 0.490 e. The number of hydrogen-bond acceptors (Lipinski definition) is 23. The first kappa shape index (κ1) is 100. The zero-order valence-corrected chi connectivity index (χ0v) is 68.0. The number of nitrogens with one attached hydrogen (secondary N) is 15. The lowest BCUT2D eigenvalue weighted by Crippen LogP contribution is -2.61. The van der Waals surface area contributed by atoms with Crippen molar-refractivity contribution in [2.75, 3.05) is 51.4 Å². The molecule has 13 amide bonds. The number of aromatic nitrogens is 3. The minimum atomic E-state index is -5.08. The van der Waals surface area contributed by atoms with Gasteiger partial charge in [0.2, 0.25) is 76.8 Å². The summed E-state index contributed by atoms with van der Waals surface area (Å²) in [5, 5.41) is 86.2. The van der Waals surface area contributed by atoms with E-state index in [9.17, 15) is 86.3 Å². The van der Waals surface area contributed by atoms with Crippen LogP contribution in [-0.2, 0) is 97.6 Å². The molecule has 1 saturated heterocycles. The van der Waals surface area contributed by atoms with Gasteiger partial charge in [0.15, 0.2) is 5.96 Å². The molecule has 0 unspecified atom stereocenters. The van der Waals surface area contributed by atoms with Gasteiger partial charge in [-0.25, -0.2) is 9.78 Å². The molecule has 12 atom stereocenters. The van der Waals surface area contributed by atoms with Crippen LogP contribution in [0.3, 0.4) is 0 Å². The molecule has 1 aliphatic heterocycles. The Bertz CT molecular complexity index is 4360. The predicted molar refractivity (Wildman–Crippen MR) is 435 cm³/mol. The third kappa shape index (κ3) is 33.6. The molecule has 1 fully saturated rings. The van der Waals surface area contributed by atoms with E-state index in [1.165, 1.54) is 53.5 Å². The van der Waals surface area contributed by atoms with E-state index in [4.69, 9.17) is 38.2 Å². The van der Waals surface area contributed by atoms with Crippen molar-refractivity contribution in [3.63, 3.8) is 0 Å². The number of phenols is 1. The molecule has 6 rings (SSSR count). The van der Waals surface area contributed by atoms with Crippen LogP contribution in [0.2, 0.25) is 0 Å². The van der Waals surface area contributed by atoms with E-state index in [-0.39, 0.29) is 94.1 Å². The minimum absolute atomic E-state index is 0.000346. The molecule has 28 N–H and O–H groups in total. The van der Waals surface area contributed by atoms with E-state index >= 15 is 14.4 Å². The van der Waals surface area contributed by atoms with Crippen LogP contribution < -0.4 is 86.7 Å². The van der Waals surface area contributed by atoms with Gasteiger partial charge < -0.3 is 127 Å². The quantitative estimate of drug-likeness (QED) is 0.0100. The number of halogens is 3. The van der Waals surface area contributed by atoms with Crippen molar-refractivity contribution in [2.24, 2.45) is 28.9 Å². The number of primary amides is 1. The molecule has 122 heavy (non-hydrogen) atoms. The highest BCUT2D eigenvalue weighted by Gasteiger charge is 2.42. The predicted octanol–water partition coefficient (Wildman–Crippen LogP) is -4.08. The van der Waals surface area contributed by atoms with Crippen molar-refractivity contribution in [2.45, 2.75) is 182 Å². The lowest BCUT2D eigenvalue weighted by atomic mass is 10.0. The van der Waals surface area contributed by atoms with E-state index in [2.05, 4.69) is 78.8 Å². The minimum Gasteiger partial charge on any atom is -0.508 e. The Morgan fingerprint density at radius 2 is 1.11 bits per heavy atom. The number of aliphatic hydroxyl groups is 2. The number of carboxylic acid groups (broad SMARTS) is 2. The van der Waals surface area contributed by atoms with Gasteiger partial charge in [0.1, 0.15) is 78.3 Å². The Hall–Kier alpha value is -12.5. The number of unbranched alkanes of at least 4 members (excludes halogenated alkanes) is 1. The molecule has 45 heteroatoms. The molecule has 0 spiro atoms. The number of guanidine groups is 1. The van der Waals surface area contributed by atoms with Crippen LogP contribution in [0.15, 0.2) is 97.6 Å². The number of rotatable bonds is 49. The average molecular weight is 1740 g/mol. The smallest absolute Gasteiger partial charge is 0.490 e. The normalized spacial score (nSPS) is 15.1. The number of nitrogens with zero attached hydrogens (tertiary/aromatic N) is 2. The topological polar surface area (TPSA) is 677 Å². The Labute approximate surface area is 702 Å². The molecule has 0 bridgehead atoms. The second-order valence-electron chi connectivity index (χ2n) is 28.8. The molecule has 668 valence electrons. The maximum atomic E-state index is 15.2. The fraction of sp³-hybridized carbons (Fsp3) is 0.494. The third-order valence-corrected chi connectivity index (χ3v) is 19.7. The van der Waals surface area contributed by atoms with E-state index in [0.29, 0.717) is 46.9 Å². The number of fused-ring (bicyclic) bond motifs is 1. The number of carbonyl (C=O) groups is 15. The van der Waals surface area contributed by atoms with Gasteiger partial charge in [-0.2, -0.15) is 24.9 Å². The number of carbonyl (C=O) groups excluding carboxylic acids is 13. The Kier molecular flexibility index (Phi) is 41.5. The molecular formula is C77H108F3N21O20S. The number of aliphatic carboxylic acids is 2. The number of aliphatic hydroxyl groups excluding tert-OH is 2. The number of phenolic OH excluding ortho intramolecular Hbond substituents is 1. The first-order chi connectivity index (χ1) is 57.9. The number of alkyl halides is 3. The number of aromatic hydroxyl groups is 1. The van der Waals surface area contributed by atoms with E-state index in [1.54, 1.807) is 80.9 Å². The van der Waals surface area contributed by atoms with Gasteiger partial charge in [-0.1, -0.05) is 74.5 Å². The second kappa shape index (κ2) is 50.6. The summed E-state index contributed by atoms with van der Waals surface area (Å²) in [4.78, 5) is 216. The van der Waals surface area contributed by atoms with Gasteiger partial charge in [0, 0.05) is 68.5 Å². The number of amides is 13. The number of aromatic amines is 2. The molecule has 41 nitrogen and oxygen atoms in total. The lowest BCUT2D eigenvalue weighted by Gasteiger charge is -2.30. The van der Waals surface area contributed by atoms with Crippen LogP contribution in [0.25, 0.3) is 10.9 Å². The van der Waals surface area contributed by atoms with Crippen molar-refractivity contribution in [1.82, 2.24) is 83.7 Å². The van der Waals surface area contributed by atoms with Crippen LogP contribution in [0.5, 0.6) is 5.75 Å². The standard InChI is InChI=1S/C75H107N21O18S.C2HF3O2/c1-41(2)62(63(78)103)95-73(113)59-19-12-29-96(59)74(114)53(17-9-10-27-76)86-60(100)37-84-65(105)56(33-44-35-83-49-16-8-7-15-47(44)49)92-66(106)50(18-11-28-82-75(79)80)87-69(109)55(31-42-13-5-4-6-14-42)91-71(111)57(34-45-36-81-40-85-45)93-67(107)51(24-25-61(101)102)88-68(108)52(26-30-115-3)89-72(112)58(39-98)94-70(110)54(90-64(104)48(77)38-97)32-43-20-22-46(99)23-21-43;3-2(4,5)1(6)7/h4-8,13-16,20-23,35-36,40-41,48,50-59,62,83,97-99H,9-12,17-19,24-34,37-39,76-77H2,1-3H3,(H2,78,103)(H,81,85)(H,84,105)(H,86,100)(H,87,109)(H,88,108)(H,89,112)(H,90,104)(H,91,111)(H,92,106)(H,93,107)(H,94,110)(H,95,113)(H,101,102)(H4,79,80,82);(H,6,7)/t48-,50-,51-,52-,53-,54-,55-,56-,57-,58-,59-,62-;/m0./s1. The molecule has 3 aromatic carbocycles. The highest BCUT2D eigenvalue weighted by molar-refractivity contribution is 7.98. The monoisotopic (exact) mass is 1740 g/mol. The number of benzene rings is 3. The fourth-order valence-corrected chi connectivity index (χ4v) is 13.1. The number of hydrogen-bond donors (Lipinski definition) is 24. The Morgan fingerprint density at radius 3 is 1.65 bits per heavy atom. The van der Waals surface area contributed by atoms with E-state index in [0.717, 1.165) is 0 Å². The molecule has 5 aromatic rings. The molecule has 0 aliphatic carbocycles. The third-order valence-electron chi connectivity index (χ3n) is 19.1. The Morgan fingerprint density at radius 1 is 0.598 bits per heavy atom. The highest BCUT2D eigenvalue weighted by atomic mass is 32.2. The maximum absolute atomic E-state index is 15.2. The molecular weight excluding hydrogens is 1630 g/mol. The van der Waals surface area contributed by atoms with Gasteiger partial charge in [-0.15, -0.1) is 0 Å². The van der Waals surface area contributed by atoms with Crippen LogP contribution in [0.4, 0.5) is 13.2 Å². The van der Waals surface area contributed by atoms with Gasteiger partial charge in [-0.3, -0.25) is 72.5 Å². The van der Waals surface area contributed by atoms with Crippen LogP contribution >= 0.6 is 11.8 Å². The number of likely N-dealkylation sites (tertiary alicyclic amines) is 1. The Balaban J connectivity index is 0.00000361. The van der Waals surface area contributed by atoms with Crippen molar-refractivity contribution in [1.29, 1.82) is 5.41 Å². The summed E-state index contributed by atoms with van der Waals surface area (Å²) in [5.41, 5.74) is 25.0. The van der Waals surface area contributed by atoms with Crippen LogP contribution in [0.1, 0.15) is 100 Å². The van der Waals surface area contributed by atoms with Crippen LogP contribution in [0, 0.1) is 11.3 Å². The number of carboxylic acids is 2. The summed E-state index contributed by atoms with van der Waals surface area (Å²) < 4.78 is 31.7. The number of para-hydroxylation sites is 1. The van der Waals surface area contributed by atoms with Gasteiger partial charge in [-0.05, 0) is 117 Å². The van der Waals surface area contributed by atoms with Crippen LogP contribution in [-0.4, -0.2) is 270 Å². The molecule has 3 heterocycles. The van der Waals surface area contributed by atoms with Crippen molar-refractivity contribution < 1.29 is 111 Å². The SMILES string of the molecule is CSCC[C@H](NC(=O)[C@H](CO)NC(=O)[C@H](Cc1ccc(O)cc1)NC(=O)[C@@H](N)CO)C(=O)N[C@@H](CCC(=O)O)C(=O)N[C@@H](Cc1c[nH]cn1)C(=O)N[C@@H](Cc1ccccc1)C(=O)N[C@@H](CCCNC(=N)N)C(=O)N[C@@H](Cc1c[nH]c2ccccc12)C(=O)NCC(=O)N[C@@H](CCCCN)C(=O)N1CCC[C@H]1C(=O)N[C@H](C(N)=O)C(C)C.O=C(O)C(F)(F)F. The molecule has 0 saturated carbocycles. The lowest BCUT2D eigenvalue weighted by molar-refractivity contribution is -0.192. The molecule has 2 aromatic heterocycles. The van der Waals surface area contributed by atoms with E-state index < -0.39 is 212 Å². The summed E-state index contributed by atoms with van der Waals surface area (Å²) >= 11 is 1.24. The average Bonchev–Trinajstić information content (AvgIpc) is 1.60. The summed E-state index contributed by atoms with van der Waals surface area (Å²) in [6.45, 7) is 1.25. The number of H-pyrrole nitrogens is 2. The van der Waals surface area contributed by atoms with Crippen molar-refractivity contribution >= 4 is 117 Å². The first-order valence-electron chi connectivity index (χ1n) is 38.9. The second-order valence-corrected chi connectivity index (χ2v) is 29.8. The fourth-order valence-electron chi connectivity index (χ4n) is 12.6. The summed E-state index contributed by atoms with van der Waals surface area (Å²) in [7, 11) is 0. The molecule has 0 radical (unpaired) electrons. The molecule has 1 aliphatic rings. The van der Waals surface area contributed by atoms with E-state index in [1.807, 2.05) is 0 Å². The summed E-state index contributed by atoms with van der Waals surface area (Å²) in [5.74, 6) is -16.8. The number of imidazole rings is 1. The number of thioether (sulfide) groups is 1. The summed E-state index contributed by atoms with van der Waals surface area (Å²) in [6.07, 6.45) is -0.225. The highest BCUT2D eigenvalue weighted by Crippen LogP contribution is 2.23. The largest absolute Gasteiger partial charge is 0.508 e. The van der Waals surface area contributed by atoms with Gasteiger partial charge in [0.05, 0.1) is 31.8 Å². The van der Waals surface area contributed by atoms with Gasteiger partial charge >= 0.3 is 18.1 Å².